The van der Waals surface area contributed by atoms with Crippen molar-refractivity contribution >= 4 is 28.4 Å². The van der Waals surface area contributed by atoms with Crippen LogP contribution >= 0.6 is 11.6 Å². The molecule has 1 heterocycles. The standard InChI is InChI=1S/C17H15ClN2O/c1-11-9-12(7-8-13(11)18)16(21)10-17-19-14-5-3-4-6-15(14)20(17)2/h3-9H,10H2,1-2H3. The Hall–Kier alpha value is -2.13. The van der Waals surface area contributed by atoms with Gasteiger partial charge < -0.3 is 4.57 Å². The molecular weight excluding hydrogens is 284 g/mol. The zero-order valence-electron chi connectivity index (χ0n) is 11.9. The smallest absolute Gasteiger partial charge is 0.170 e. The van der Waals surface area contributed by atoms with Gasteiger partial charge in [-0.2, -0.15) is 0 Å². The number of aryl methyl sites for hydroxylation is 2. The molecule has 4 heteroatoms. The molecule has 0 aliphatic rings. The van der Waals surface area contributed by atoms with Crippen LogP contribution < -0.4 is 0 Å². The van der Waals surface area contributed by atoms with Gasteiger partial charge in [-0.05, 0) is 42.8 Å². The Morgan fingerprint density at radius 1 is 1.24 bits per heavy atom. The van der Waals surface area contributed by atoms with Crippen LogP contribution in [0.5, 0.6) is 0 Å². The van der Waals surface area contributed by atoms with Crippen LogP contribution in [-0.4, -0.2) is 15.3 Å². The molecule has 0 N–H and O–H groups in total. The summed E-state index contributed by atoms with van der Waals surface area (Å²) in [7, 11) is 1.94. The molecule has 0 aliphatic heterocycles. The number of imidazole rings is 1. The number of nitrogens with zero attached hydrogens (tertiary/aromatic N) is 2. The molecule has 1 aromatic heterocycles. The number of halogens is 1. The Kier molecular flexibility index (Phi) is 3.52. The number of hydrogen-bond donors (Lipinski definition) is 0. The van der Waals surface area contributed by atoms with Crippen LogP contribution in [0.15, 0.2) is 42.5 Å². The maximum atomic E-state index is 12.4. The molecule has 0 fully saturated rings. The second-order valence-electron chi connectivity index (χ2n) is 5.14. The van der Waals surface area contributed by atoms with E-state index in [1.54, 1.807) is 12.1 Å². The van der Waals surface area contributed by atoms with Crippen molar-refractivity contribution in [1.29, 1.82) is 0 Å². The summed E-state index contributed by atoms with van der Waals surface area (Å²) in [6, 6.07) is 13.2. The fraction of sp³-hybridized carbons (Fsp3) is 0.176. The molecule has 0 saturated carbocycles. The number of carbonyl (C=O) groups excluding carboxylic acids is 1. The highest BCUT2D eigenvalue weighted by Crippen LogP contribution is 2.19. The van der Waals surface area contributed by atoms with E-state index in [0.717, 1.165) is 22.4 Å². The maximum Gasteiger partial charge on any atom is 0.170 e. The third-order valence-corrected chi connectivity index (χ3v) is 4.10. The van der Waals surface area contributed by atoms with E-state index >= 15 is 0 Å². The van der Waals surface area contributed by atoms with Crippen LogP contribution in [0, 0.1) is 6.92 Å². The van der Waals surface area contributed by atoms with Crippen LogP contribution in [0.4, 0.5) is 0 Å². The minimum atomic E-state index is 0.0492. The number of fused-ring (bicyclic) bond motifs is 1. The number of benzene rings is 2. The van der Waals surface area contributed by atoms with Crippen molar-refractivity contribution in [3.8, 4) is 0 Å². The number of Topliss-reactive ketones (excluding diaryl/α,β-unsaturated/α-hetero) is 1. The number of ketones is 1. The summed E-state index contributed by atoms with van der Waals surface area (Å²) in [5.41, 5.74) is 3.53. The van der Waals surface area contributed by atoms with Gasteiger partial charge in [0.2, 0.25) is 0 Å². The lowest BCUT2D eigenvalue weighted by Crippen LogP contribution is -2.08. The normalized spacial score (nSPS) is 11.0. The van der Waals surface area contributed by atoms with Crippen LogP contribution in [0.1, 0.15) is 21.7 Å². The van der Waals surface area contributed by atoms with Crippen LogP contribution in [0.2, 0.25) is 5.02 Å². The first-order chi connectivity index (χ1) is 10.1. The monoisotopic (exact) mass is 298 g/mol. The summed E-state index contributed by atoms with van der Waals surface area (Å²) in [5.74, 6) is 0.821. The molecule has 0 unspecified atom stereocenters. The predicted octanol–water partition coefficient (Wildman–Crippen LogP) is 3.96. The summed E-state index contributed by atoms with van der Waals surface area (Å²) in [4.78, 5) is 16.9. The lowest BCUT2D eigenvalue weighted by atomic mass is 10.1. The van der Waals surface area contributed by atoms with Crippen LogP contribution in [0.3, 0.4) is 0 Å². The molecule has 0 spiro atoms. The average Bonchev–Trinajstić information content (AvgIpc) is 2.79. The first-order valence-electron chi connectivity index (χ1n) is 6.76. The molecule has 106 valence electrons. The Bertz CT molecular complexity index is 836. The van der Waals surface area contributed by atoms with Crippen molar-refractivity contribution in [3.05, 3.63) is 64.4 Å². The summed E-state index contributed by atoms with van der Waals surface area (Å²) in [5, 5.41) is 0.675. The van der Waals surface area contributed by atoms with Gasteiger partial charge in [0.15, 0.2) is 5.78 Å². The highest BCUT2D eigenvalue weighted by atomic mass is 35.5. The molecule has 3 aromatic rings. The molecule has 21 heavy (non-hydrogen) atoms. The van der Waals surface area contributed by atoms with E-state index in [1.807, 2.05) is 48.9 Å². The topological polar surface area (TPSA) is 34.9 Å². The van der Waals surface area contributed by atoms with Crippen LogP contribution in [0.25, 0.3) is 11.0 Å². The second-order valence-corrected chi connectivity index (χ2v) is 5.55. The number of carbonyl (C=O) groups is 1. The van der Waals surface area contributed by atoms with E-state index in [-0.39, 0.29) is 12.2 Å². The fourth-order valence-corrected chi connectivity index (χ4v) is 2.53. The van der Waals surface area contributed by atoms with Gasteiger partial charge in [-0.3, -0.25) is 4.79 Å². The van der Waals surface area contributed by atoms with Crippen molar-refractivity contribution < 1.29 is 4.79 Å². The molecule has 0 aliphatic carbocycles. The molecular formula is C17H15ClN2O. The van der Waals surface area contributed by atoms with Gasteiger partial charge in [0.25, 0.3) is 0 Å². The number of para-hydroxylation sites is 2. The highest BCUT2D eigenvalue weighted by Gasteiger charge is 2.13. The third-order valence-electron chi connectivity index (χ3n) is 3.68. The Morgan fingerprint density at radius 2 is 2.00 bits per heavy atom. The first kappa shape index (κ1) is 13.8. The van der Waals surface area contributed by atoms with Gasteiger partial charge in [-0.25, -0.2) is 4.98 Å². The highest BCUT2D eigenvalue weighted by molar-refractivity contribution is 6.31. The first-order valence-corrected chi connectivity index (χ1v) is 7.14. The summed E-state index contributed by atoms with van der Waals surface area (Å²) >= 11 is 6.00. The number of aromatic nitrogens is 2. The summed E-state index contributed by atoms with van der Waals surface area (Å²) in [6.45, 7) is 1.90. The van der Waals surface area contributed by atoms with E-state index in [9.17, 15) is 4.79 Å². The Labute approximate surface area is 128 Å². The molecule has 2 aromatic carbocycles. The maximum absolute atomic E-state index is 12.4. The fourth-order valence-electron chi connectivity index (χ4n) is 2.42. The van der Waals surface area contributed by atoms with Crippen molar-refractivity contribution in [3.63, 3.8) is 0 Å². The average molecular weight is 299 g/mol. The Morgan fingerprint density at radius 3 is 2.71 bits per heavy atom. The molecule has 3 rings (SSSR count). The second kappa shape index (κ2) is 5.34. The quantitative estimate of drug-likeness (QED) is 0.686. The van der Waals surface area contributed by atoms with E-state index in [0.29, 0.717) is 10.6 Å². The molecule has 0 saturated heterocycles. The van der Waals surface area contributed by atoms with Gasteiger partial charge in [-0.15, -0.1) is 0 Å². The van der Waals surface area contributed by atoms with E-state index in [4.69, 9.17) is 11.6 Å². The number of hydrogen-bond acceptors (Lipinski definition) is 2. The molecule has 3 nitrogen and oxygen atoms in total. The van der Waals surface area contributed by atoms with Crippen LogP contribution in [-0.2, 0) is 13.5 Å². The van der Waals surface area contributed by atoms with Gasteiger partial charge >= 0.3 is 0 Å². The zero-order chi connectivity index (χ0) is 15.0. The summed E-state index contributed by atoms with van der Waals surface area (Å²) in [6.07, 6.45) is 0.284. The number of rotatable bonds is 3. The van der Waals surface area contributed by atoms with E-state index < -0.39 is 0 Å². The van der Waals surface area contributed by atoms with Crippen molar-refractivity contribution in [2.75, 3.05) is 0 Å². The van der Waals surface area contributed by atoms with E-state index in [2.05, 4.69) is 4.98 Å². The molecule has 0 bridgehead atoms. The molecule has 0 amide bonds. The predicted molar refractivity (Wildman–Crippen MR) is 84.9 cm³/mol. The minimum absolute atomic E-state index is 0.0492. The van der Waals surface area contributed by atoms with Gasteiger partial charge in [0.05, 0.1) is 17.5 Å². The van der Waals surface area contributed by atoms with E-state index in [1.165, 1.54) is 0 Å². The lowest BCUT2D eigenvalue weighted by Gasteiger charge is -2.04. The zero-order valence-corrected chi connectivity index (χ0v) is 12.7. The molecule has 0 atom stereocenters. The summed E-state index contributed by atoms with van der Waals surface area (Å²) < 4.78 is 1.97. The van der Waals surface area contributed by atoms with Crippen molar-refractivity contribution in [2.24, 2.45) is 7.05 Å². The van der Waals surface area contributed by atoms with Gasteiger partial charge in [0.1, 0.15) is 5.82 Å². The van der Waals surface area contributed by atoms with Gasteiger partial charge in [-0.1, -0.05) is 23.7 Å². The van der Waals surface area contributed by atoms with Gasteiger partial charge in [0, 0.05) is 17.6 Å². The largest absolute Gasteiger partial charge is 0.331 e. The van der Waals surface area contributed by atoms with Crippen molar-refractivity contribution in [2.45, 2.75) is 13.3 Å². The van der Waals surface area contributed by atoms with Crippen molar-refractivity contribution in [1.82, 2.24) is 9.55 Å². The molecule has 0 radical (unpaired) electrons. The third kappa shape index (κ3) is 2.57. The minimum Gasteiger partial charge on any atom is -0.331 e. The lowest BCUT2D eigenvalue weighted by molar-refractivity contribution is 0.0990. The Balaban J connectivity index is 1.92. The SMILES string of the molecule is Cc1cc(C(=O)Cc2nc3ccccc3n2C)ccc1Cl.